The minimum Gasteiger partial charge on any atom is -0.455 e. The van der Waals surface area contributed by atoms with Crippen molar-refractivity contribution >= 4 is 66.3 Å². The van der Waals surface area contributed by atoms with E-state index >= 15 is 0 Å². The Hall–Kier alpha value is -6.58. The highest BCUT2D eigenvalue weighted by Crippen LogP contribution is 2.54. The van der Waals surface area contributed by atoms with Crippen molar-refractivity contribution in [2.24, 2.45) is 5.92 Å². The van der Waals surface area contributed by atoms with Crippen molar-refractivity contribution in [3.05, 3.63) is 186 Å². The van der Waals surface area contributed by atoms with E-state index in [0.29, 0.717) is 5.92 Å². The summed E-state index contributed by atoms with van der Waals surface area (Å²) in [6.45, 7) is 7.09. The highest BCUT2D eigenvalue weighted by atomic mass is 16.3. The van der Waals surface area contributed by atoms with Crippen molar-refractivity contribution < 1.29 is 4.42 Å². The molecule has 9 aromatic rings. The zero-order valence-electron chi connectivity index (χ0n) is 31.0. The van der Waals surface area contributed by atoms with Gasteiger partial charge in [-0.3, -0.25) is 0 Å². The minimum atomic E-state index is -0.186. The largest absolute Gasteiger partial charge is 0.455 e. The predicted octanol–water partition coefficient (Wildman–Crippen LogP) is 13.6. The molecule has 0 spiro atoms. The number of fused-ring (bicyclic) bond motifs is 13. The van der Waals surface area contributed by atoms with Gasteiger partial charge >= 0.3 is 0 Å². The molecule has 0 bridgehead atoms. The first-order valence-electron chi connectivity index (χ1n) is 19.5. The first-order valence-corrected chi connectivity index (χ1v) is 19.5. The number of anilines is 2. The Labute approximate surface area is 320 Å². The summed E-state index contributed by atoms with van der Waals surface area (Å²) >= 11 is 0. The van der Waals surface area contributed by atoms with Crippen molar-refractivity contribution in [2.45, 2.75) is 32.2 Å². The molecule has 3 nitrogen and oxygen atoms in total. The molecule has 0 saturated carbocycles. The molecular formula is C52H38N2O. The van der Waals surface area contributed by atoms with E-state index in [4.69, 9.17) is 4.42 Å². The number of hydrogen-bond acceptors (Lipinski definition) is 2. The third-order valence-electron chi connectivity index (χ3n) is 12.8. The van der Waals surface area contributed by atoms with Crippen LogP contribution in [-0.4, -0.2) is 10.6 Å². The van der Waals surface area contributed by atoms with Gasteiger partial charge in [0.05, 0.1) is 17.1 Å². The number of para-hydroxylation sites is 4. The van der Waals surface area contributed by atoms with Crippen LogP contribution in [0.3, 0.4) is 0 Å². The van der Waals surface area contributed by atoms with Crippen molar-refractivity contribution in [3.8, 4) is 16.8 Å². The molecule has 0 radical (unpaired) electrons. The topological polar surface area (TPSA) is 21.3 Å². The number of furan rings is 1. The Morgan fingerprint density at radius 1 is 0.582 bits per heavy atom. The third kappa shape index (κ3) is 4.16. The molecule has 0 N–H and O–H groups in total. The normalized spacial score (nSPS) is 18.1. The first kappa shape index (κ1) is 30.8. The lowest BCUT2D eigenvalue weighted by atomic mass is 9.82. The van der Waals surface area contributed by atoms with Crippen LogP contribution in [0.2, 0.25) is 0 Å². The van der Waals surface area contributed by atoms with Gasteiger partial charge in [0.25, 0.3) is 0 Å². The van der Waals surface area contributed by atoms with Gasteiger partial charge < -0.3 is 13.9 Å². The van der Waals surface area contributed by atoms with Crippen LogP contribution in [0.4, 0.5) is 11.4 Å². The Bertz CT molecular complexity index is 3150. The standard InChI is InChI=1S/C52H38N2O/c1-31-27-33(28-42-37-16-8-11-19-46(37)54(50(31)42)34-13-5-4-6-14-34)32-21-23-38-36-15-7-10-18-45(36)53(47(38)29-32)35-22-24-41-44(30-35)52(2,3)43-26-25-40-39-17-9-12-20-48(39)55-51(40)49(41)43/h4-31,50H,1-3H3. The summed E-state index contributed by atoms with van der Waals surface area (Å²) in [7, 11) is 0. The summed E-state index contributed by atoms with van der Waals surface area (Å²) < 4.78 is 9.08. The van der Waals surface area contributed by atoms with Crippen molar-refractivity contribution in [1.82, 2.24) is 4.57 Å². The van der Waals surface area contributed by atoms with Gasteiger partial charge in [-0.05, 0) is 93.9 Å². The highest BCUT2D eigenvalue weighted by Gasteiger charge is 2.40. The molecule has 0 saturated heterocycles. The Morgan fingerprint density at radius 3 is 2.22 bits per heavy atom. The van der Waals surface area contributed by atoms with Crippen LogP contribution >= 0.6 is 0 Å². The van der Waals surface area contributed by atoms with E-state index < -0.39 is 0 Å². The molecule has 7 aromatic carbocycles. The molecule has 55 heavy (non-hydrogen) atoms. The fourth-order valence-corrected chi connectivity index (χ4v) is 10.3. The predicted molar refractivity (Wildman–Crippen MR) is 230 cm³/mol. The molecular weight excluding hydrogens is 669 g/mol. The Morgan fingerprint density at radius 2 is 1.33 bits per heavy atom. The lowest BCUT2D eigenvalue weighted by Crippen LogP contribution is -2.33. The van der Waals surface area contributed by atoms with Gasteiger partial charge in [-0.1, -0.05) is 130 Å². The van der Waals surface area contributed by atoms with Crippen molar-refractivity contribution in [2.75, 3.05) is 4.90 Å². The van der Waals surface area contributed by atoms with E-state index in [1.54, 1.807) is 0 Å². The monoisotopic (exact) mass is 706 g/mol. The zero-order valence-corrected chi connectivity index (χ0v) is 31.0. The molecule has 0 amide bonds. The van der Waals surface area contributed by atoms with Crippen LogP contribution in [-0.2, 0) is 5.41 Å². The van der Waals surface area contributed by atoms with Gasteiger partial charge in [0.1, 0.15) is 11.2 Å². The molecule has 2 aromatic heterocycles. The molecule has 3 heterocycles. The molecule has 12 rings (SSSR count). The summed E-state index contributed by atoms with van der Waals surface area (Å²) in [5.41, 5.74) is 18.3. The van der Waals surface area contributed by atoms with Gasteiger partial charge in [-0.2, -0.15) is 0 Å². The summed E-state index contributed by atoms with van der Waals surface area (Å²) in [5.74, 6) is 0.308. The molecule has 2 atom stereocenters. The van der Waals surface area contributed by atoms with E-state index in [9.17, 15) is 0 Å². The van der Waals surface area contributed by atoms with E-state index in [0.717, 1.165) is 11.2 Å². The molecule has 2 aliphatic carbocycles. The second-order valence-electron chi connectivity index (χ2n) is 16.2. The van der Waals surface area contributed by atoms with Crippen LogP contribution in [0.15, 0.2) is 168 Å². The number of hydrogen-bond donors (Lipinski definition) is 0. The summed E-state index contributed by atoms with van der Waals surface area (Å²) in [4.78, 5) is 2.53. The van der Waals surface area contributed by atoms with Gasteiger partial charge in [0, 0.05) is 55.1 Å². The van der Waals surface area contributed by atoms with Crippen LogP contribution in [0, 0.1) is 5.92 Å². The molecule has 262 valence electrons. The van der Waals surface area contributed by atoms with Crippen LogP contribution in [0.1, 0.15) is 43.0 Å². The molecule has 2 unspecified atom stereocenters. The first-order chi connectivity index (χ1) is 27.0. The van der Waals surface area contributed by atoms with Gasteiger partial charge in [-0.25, -0.2) is 0 Å². The molecule has 1 aliphatic heterocycles. The summed E-state index contributed by atoms with van der Waals surface area (Å²) in [6.07, 6.45) is 4.94. The quantitative estimate of drug-likeness (QED) is 0.182. The number of rotatable bonds is 3. The second kappa shape index (κ2) is 11.0. The van der Waals surface area contributed by atoms with Gasteiger partial charge in [0.2, 0.25) is 0 Å². The number of allylic oxidation sites excluding steroid dienone is 2. The minimum absolute atomic E-state index is 0.186. The maximum absolute atomic E-state index is 6.60. The Balaban J connectivity index is 1.02. The lowest BCUT2D eigenvalue weighted by Gasteiger charge is -2.33. The second-order valence-corrected chi connectivity index (χ2v) is 16.2. The zero-order chi connectivity index (χ0) is 36.6. The number of nitrogens with zero attached hydrogens (tertiary/aromatic N) is 2. The third-order valence-corrected chi connectivity index (χ3v) is 12.8. The smallest absolute Gasteiger partial charge is 0.143 e. The van der Waals surface area contributed by atoms with Crippen molar-refractivity contribution in [1.29, 1.82) is 0 Å². The van der Waals surface area contributed by atoms with E-state index in [2.05, 4.69) is 194 Å². The molecule has 0 fully saturated rings. The average molecular weight is 707 g/mol. The highest BCUT2D eigenvalue weighted by molar-refractivity contribution is 6.13. The van der Waals surface area contributed by atoms with Crippen molar-refractivity contribution in [3.63, 3.8) is 0 Å². The van der Waals surface area contributed by atoms with Gasteiger partial charge in [-0.15, -0.1) is 0 Å². The molecule has 3 aliphatic rings. The number of aromatic nitrogens is 1. The van der Waals surface area contributed by atoms with E-state index in [1.165, 1.54) is 94.2 Å². The maximum Gasteiger partial charge on any atom is 0.143 e. The number of benzene rings is 7. The van der Waals surface area contributed by atoms with Crippen LogP contribution in [0.25, 0.3) is 71.7 Å². The Kier molecular flexibility index (Phi) is 6.16. The van der Waals surface area contributed by atoms with Gasteiger partial charge in [0.15, 0.2) is 0 Å². The van der Waals surface area contributed by atoms with E-state index in [-0.39, 0.29) is 11.5 Å². The van der Waals surface area contributed by atoms with Crippen LogP contribution < -0.4 is 4.90 Å². The lowest BCUT2D eigenvalue weighted by molar-refractivity contribution is 0.639. The van der Waals surface area contributed by atoms with E-state index in [1.807, 2.05) is 0 Å². The SMILES string of the molecule is CC1C=C(c2ccc3c4ccccc4n(-c4ccc5c(c4)C(C)(C)c4ccc6c(oc7ccccc76)c4-5)c3c2)C=C2c3ccccc3N(c3ccccc3)C21. The average Bonchev–Trinajstić information content (AvgIpc) is 3.93. The maximum atomic E-state index is 6.60. The summed E-state index contributed by atoms with van der Waals surface area (Å²) in [6, 6.07) is 56.0. The summed E-state index contributed by atoms with van der Waals surface area (Å²) in [5, 5.41) is 4.88. The fourth-order valence-electron chi connectivity index (χ4n) is 10.3. The fraction of sp³-hybridized carbons (Fsp3) is 0.115. The van der Waals surface area contributed by atoms with Crippen LogP contribution in [0.5, 0.6) is 0 Å². The molecule has 3 heteroatoms.